The third kappa shape index (κ3) is 3.30. The molecule has 0 N–H and O–H groups in total. The largest absolute Gasteiger partial charge is 0.493 e. The summed E-state index contributed by atoms with van der Waals surface area (Å²) in [5, 5.41) is 0. The normalized spacial score (nSPS) is 16.8. The second kappa shape index (κ2) is 5.82. The van der Waals surface area contributed by atoms with Crippen molar-refractivity contribution in [1.29, 1.82) is 0 Å². The number of hydrogen-bond acceptors (Lipinski definition) is 3. The summed E-state index contributed by atoms with van der Waals surface area (Å²) in [5.41, 5.74) is 1.71. The predicted molar refractivity (Wildman–Crippen MR) is 65.6 cm³/mol. The van der Waals surface area contributed by atoms with Crippen LogP contribution < -0.4 is 4.74 Å². The molecule has 1 aliphatic heterocycles. The molecule has 3 nitrogen and oxygen atoms in total. The predicted octanol–water partition coefficient (Wildman–Crippen LogP) is 2.61. The van der Waals surface area contributed by atoms with Crippen molar-refractivity contribution in [3.63, 3.8) is 0 Å². The Morgan fingerprint density at radius 2 is 2.18 bits per heavy atom. The molecule has 0 aliphatic carbocycles. The van der Waals surface area contributed by atoms with Crippen molar-refractivity contribution in [2.24, 2.45) is 5.92 Å². The van der Waals surface area contributed by atoms with Crippen molar-refractivity contribution in [2.45, 2.75) is 19.8 Å². The monoisotopic (exact) mass is 234 g/mol. The van der Waals surface area contributed by atoms with E-state index in [0.717, 1.165) is 37.9 Å². The number of benzene rings is 1. The molecule has 1 saturated heterocycles. The van der Waals surface area contributed by atoms with Gasteiger partial charge < -0.3 is 9.47 Å². The van der Waals surface area contributed by atoms with E-state index in [-0.39, 0.29) is 0 Å². The number of carbonyl (C=O) groups excluding carboxylic acids is 1. The molecule has 0 amide bonds. The molecule has 3 heteroatoms. The third-order valence-corrected chi connectivity index (χ3v) is 3.11. The minimum Gasteiger partial charge on any atom is -0.493 e. The molecule has 0 spiro atoms. The summed E-state index contributed by atoms with van der Waals surface area (Å²) >= 11 is 0. The van der Waals surface area contributed by atoms with E-state index in [4.69, 9.17) is 9.47 Å². The second-order valence-electron chi connectivity index (χ2n) is 4.53. The van der Waals surface area contributed by atoms with Crippen LogP contribution in [0.15, 0.2) is 18.2 Å². The number of carbonyl (C=O) groups is 1. The first-order valence-corrected chi connectivity index (χ1v) is 6.06. The van der Waals surface area contributed by atoms with Gasteiger partial charge in [-0.15, -0.1) is 0 Å². The average Bonchev–Trinajstić information content (AvgIpc) is 2.38. The van der Waals surface area contributed by atoms with Gasteiger partial charge in [-0.05, 0) is 37.8 Å². The zero-order chi connectivity index (χ0) is 12.1. The van der Waals surface area contributed by atoms with Crippen LogP contribution in [-0.4, -0.2) is 26.1 Å². The minimum absolute atomic E-state index is 0.546. The van der Waals surface area contributed by atoms with Crippen LogP contribution >= 0.6 is 0 Å². The van der Waals surface area contributed by atoms with Crippen LogP contribution in [0.4, 0.5) is 0 Å². The van der Waals surface area contributed by atoms with Gasteiger partial charge in [0.05, 0.1) is 12.2 Å². The Morgan fingerprint density at radius 1 is 1.41 bits per heavy atom. The second-order valence-corrected chi connectivity index (χ2v) is 4.53. The van der Waals surface area contributed by atoms with Gasteiger partial charge in [0.15, 0.2) is 6.29 Å². The Balaban J connectivity index is 1.95. The van der Waals surface area contributed by atoms with E-state index in [1.165, 1.54) is 0 Å². The molecule has 17 heavy (non-hydrogen) atoms. The fourth-order valence-electron chi connectivity index (χ4n) is 2.01. The molecule has 1 aromatic carbocycles. The Bertz CT molecular complexity index is 381. The smallest absolute Gasteiger partial charge is 0.153 e. The van der Waals surface area contributed by atoms with Crippen LogP contribution in [0.2, 0.25) is 0 Å². The van der Waals surface area contributed by atoms with Crippen LogP contribution in [0.25, 0.3) is 0 Å². The molecule has 1 heterocycles. The highest BCUT2D eigenvalue weighted by Gasteiger charge is 2.15. The number of rotatable bonds is 4. The molecule has 2 rings (SSSR count). The molecule has 0 atom stereocenters. The van der Waals surface area contributed by atoms with E-state index in [1.54, 1.807) is 0 Å². The first-order valence-electron chi connectivity index (χ1n) is 6.06. The van der Waals surface area contributed by atoms with Crippen molar-refractivity contribution in [2.75, 3.05) is 19.8 Å². The summed E-state index contributed by atoms with van der Waals surface area (Å²) in [7, 11) is 0. The van der Waals surface area contributed by atoms with E-state index in [0.29, 0.717) is 23.8 Å². The van der Waals surface area contributed by atoms with Gasteiger partial charge in [0.1, 0.15) is 5.75 Å². The molecule has 0 bridgehead atoms. The Hall–Kier alpha value is -1.35. The average molecular weight is 234 g/mol. The van der Waals surface area contributed by atoms with Crippen LogP contribution in [0.1, 0.15) is 28.8 Å². The fourth-order valence-corrected chi connectivity index (χ4v) is 2.01. The van der Waals surface area contributed by atoms with Crippen molar-refractivity contribution in [1.82, 2.24) is 0 Å². The maximum Gasteiger partial charge on any atom is 0.153 e. The molecule has 0 radical (unpaired) electrons. The SMILES string of the molecule is Cc1ccc(OCC2CCOCC2)c(C=O)c1. The first-order chi connectivity index (χ1) is 8.29. The first kappa shape index (κ1) is 12.1. The van der Waals surface area contributed by atoms with E-state index < -0.39 is 0 Å². The lowest BCUT2D eigenvalue weighted by Crippen LogP contribution is -2.21. The summed E-state index contributed by atoms with van der Waals surface area (Å²) in [6.45, 7) is 4.29. The molecule has 1 aromatic rings. The van der Waals surface area contributed by atoms with Gasteiger partial charge in [-0.2, -0.15) is 0 Å². The van der Waals surface area contributed by atoms with Crippen LogP contribution in [-0.2, 0) is 4.74 Å². The van der Waals surface area contributed by atoms with E-state index in [9.17, 15) is 4.79 Å². The summed E-state index contributed by atoms with van der Waals surface area (Å²) in [4.78, 5) is 10.9. The van der Waals surface area contributed by atoms with Gasteiger partial charge in [-0.25, -0.2) is 0 Å². The molecule has 0 unspecified atom stereocenters. The Labute approximate surface area is 102 Å². The Morgan fingerprint density at radius 3 is 2.88 bits per heavy atom. The van der Waals surface area contributed by atoms with Crippen molar-refractivity contribution in [3.8, 4) is 5.75 Å². The highest BCUT2D eigenvalue weighted by atomic mass is 16.5. The molecular weight excluding hydrogens is 216 g/mol. The number of hydrogen-bond donors (Lipinski definition) is 0. The Kier molecular flexibility index (Phi) is 4.15. The fraction of sp³-hybridized carbons (Fsp3) is 0.500. The number of ether oxygens (including phenoxy) is 2. The van der Waals surface area contributed by atoms with Gasteiger partial charge in [0.25, 0.3) is 0 Å². The van der Waals surface area contributed by atoms with Crippen molar-refractivity contribution >= 4 is 6.29 Å². The lowest BCUT2D eigenvalue weighted by atomic mass is 10.0. The zero-order valence-electron chi connectivity index (χ0n) is 10.1. The summed E-state index contributed by atoms with van der Waals surface area (Å²) in [6.07, 6.45) is 2.94. The van der Waals surface area contributed by atoms with Gasteiger partial charge in [-0.1, -0.05) is 11.6 Å². The van der Waals surface area contributed by atoms with Gasteiger partial charge in [-0.3, -0.25) is 4.79 Å². The summed E-state index contributed by atoms with van der Waals surface area (Å²) in [6, 6.07) is 5.69. The van der Waals surface area contributed by atoms with E-state index in [1.807, 2.05) is 25.1 Å². The lowest BCUT2D eigenvalue weighted by Gasteiger charge is -2.22. The maximum absolute atomic E-state index is 10.9. The minimum atomic E-state index is 0.546. The highest BCUT2D eigenvalue weighted by Crippen LogP contribution is 2.21. The molecule has 0 saturated carbocycles. The molecule has 92 valence electrons. The van der Waals surface area contributed by atoms with Gasteiger partial charge >= 0.3 is 0 Å². The zero-order valence-corrected chi connectivity index (χ0v) is 10.1. The molecular formula is C14H18O3. The van der Waals surface area contributed by atoms with Gasteiger partial charge in [0.2, 0.25) is 0 Å². The van der Waals surface area contributed by atoms with E-state index in [2.05, 4.69) is 0 Å². The molecule has 1 aliphatic rings. The highest BCUT2D eigenvalue weighted by molar-refractivity contribution is 5.79. The molecule has 1 fully saturated rings. The topological polar surface area (TPSA) is 35.5 Å². The number of aryl methyl sites for hydroxylation is 1. The quantitative estimate of drug-likeness (QED) is 0.751. The van der Waals surface area contributed by atoms with Crippen LogP contribution in [0.5, 0.6) is 5.75 Å². The van der Waals surface area contributed by atoms with Crippen LogP contribution in [0.3, 0.4) is 0 Å². The number of aldehydes is 1. The standard InChI is InChI=1S/C14H18O3/c1-11-2-3-14(13(8-11)9-15)17-10-12-4-6-16-7-5-12/h2-3,8-9,12H,4-7,10H2,1H3. The van der Waals surface area contributed by atoms with Gasteiger partial charge in [0, 0.05) is 13.2 Å². The lowest BCUT2D eigenvalue weighted by molar-refractivity contribution is 0.0496. The summed E-state index contributed by atoms with van der Waals surface area (Å²) in [5.74, 6) is 1.24. The van der Waals surface area contributed by atoms with E-state index >= 15 is 0 Å². The molecule has 0 aromatic heterocycles. The van der Waals surface area contributed by atoms with Crippen LogP contribution in [0, 0.1) is 12.8 Å². The summed E-state index contributed by atoms with van der Waals surface area (Å²) < 4.78 is 11.0. The van der Waals surface area contributed by atoms with Crippen molar-refractivity contribution in [3.05, 3.63) is 29.3 Å². The van der Waals surface area contributed by atoms with Crippen molar-refractivity contribution < 1.29 is 14.3 Å². The third-order valence-electron chi connectivity index (χ3n) is 3.11. The maximum atomic E-state index is 10.9.